The zero-order valence-corrected chi connectivity index (χ0v) is 16.6. The second kappa shape index (κ2) is 8.42. The fourth-order valence-electron chi connectivity index (χ4n) is 3.45. The third-order valence-corrected chi connectivity index (χ3v) is 5.18. The first-order valence-electron chi connectivity index (χ1n) is 9.79. The fourth-order valence-corrected chi connectivity index (χ4v) is 3.45. The average molecular weight is 381 g/mol. The number of nitrogens with zero attached hydrogens (tertiary/aromatic N) is 1. The van der Waals surface area contributed by atoms with Crippen LogP contribution in [0.1, 0.15) is 60.5 Å². The number of carbonyl (C=O) groups is 2. The first-order chi connectivity index (χ1) is 13.4. The zero-order valence-electron chi connectivity index (χ0n) is 16.6. The molecule has 6 nitrogen and oxygen atoms in total. The van der Waals surface area contributed by atoms with E-state index in [0.29, 0.717) is 24.4 Å². The minimum absolute atomic E-state index is 0.0782. The minimum atomic E-state index is -0.605. The van der Waals surface area contributed by atoms with Crippen LogP contribution in [0.2, 0.25) is 0 Å². The van der Waals surface area contributed by atoms with E-state index >= 15 is 0 Å². The summed E-state index contributed by atoms with van der Waals surface area (Å²) in [5, 5.41) is 5.55. The lowest BCUT2D eigenvalue weighted by Crippen LogP contribution is -2.47. The average Bonchev–Trinajstić information content (AvgIpc) is 2.86. The minimum Gasteiger partial charge on any atom is -0.354 e. The molecule has 1 aliphatic heterocycles. The smallest absolute Gasteiger partial charge is 0.268 e. The normalized spacial score (nSPS) is 17.1. The SMILES string of the molecule is Cc1ccn(-c2cccc(C(C)C)c2)c(=O)c1C(=O)NC1CCCCNC1=O. The quantitative estimate of drug-likeness (QED) is 0.854. The van der Waals surface area contributed by atoms with Crippen LogP contribution in [-0.4, -0.2) is 29.0 Å². The van der Waals surface area contributed by atoms with Crippen LogP contribution >= 0.6 is 0 Å². The van der Waals surface area contributed by atoms with E-state index < -0.39 is 11.9 Å². The standard InChI is InChI=1S/C22H27N3O3/c1-14(2)16-7-6-8-17(13-16)25-12-10-15(3)19(22(25)28)21(27)24-18-9-4-5-11-23-20(18)26/h6-8,10,12-14,18H,4-5,9,11H2,1-3H3,(H,23,26)(H,24,27). The van der Waals surface area contributed by atoms with Crippen molar-refractivity contribution in [2.75, 3.05) is 6.54 Å². The van der Waals surface area contributed by atoms with Crippen LogP contribution in [-0.2, 0) is 4.79 Å². The van der Waals surface area contributed by atoms with Gasteiger partial charge in [0.1, 0.15) is 11.6 Å². The molecule has 2 amide bonds. The number of rotatable bonds is 4. The second-order valence-electron chi connectivity index (χ2n) is 7.61. The third kappa shape index (κ3) is 4.16. The molecule has 2 N–H and O–H groups in total. The van der Waals surface area contributed by atoms with Gasteiger partial charge in [-0.2, -0.15) is 0 Å². The topological polar surface area (TPSA) is 80.2 Å². The van der Waals surface area contributed by atoms with Gasteiger partial charge in [0.25, 0.3) is 11.5 Å². The number of nitrogens with one attached hydrogen (secondary N) is 2. The van der Waals surface area contributed by atoms with Crippen molar-refractivity contribution in [2.45, 2.75) is 52.0 Å². The molecule has 1 saturated heterocycles. The van der Waals surface area contributed by atoms with Gasteiger partial charge in [-0.05, 0) is 61.4 Å². The lowest BCUT2D eigenvalue weighted by atomic mass is 10.0. The molecule has 3 rings (SSSR count). The van der Waals surface area contributed by atoms with E-state index in [4.69, 9.17) is 0 Å². The van der Waals surface area contributed by atoms with Crippen LogP contribution < -0.4 is 16.2 Å². The van der Waals surface area contributed by atoms with Gasteiger partial charge in [-0.3, -0.25) is 19.0 Å². The molecule has 28 heavy (non-hydrogen) atoms. The van der Waals surface area contributed by atoms with Gasteiger partial charge in [-0.25, -0.2) is 0 Å². The molecule has 1 unspecified atom stereocenters. The maximum atomic E-state index is 13.1. The number of hydrogen-bond acceptors (Lipinski definition) is 3. The molecule has 0 saturated carbocycles. The van der Waals surface area contributed by atoms with Crippen LogP contribution in [0.4, 0.5) is 0 Å². The largest absolute Gasteiger partial charge is 0.354 e. The molecule has 0 bridgehead atoms. The van der Waals surface area contributed by atoms with Gasteiger partial charge in [-0.1, -0.05) is 26.0 Å². The molecule has 0 aliphatic carbocycles. The highest BCUT2D eigenvalue weighted by molar-refractivity contribution is 5.98. The summed E-state index contributed by atoms with van der Waals surface area (Å²) < 4.78 is 1.49. The van der Waals surface area contributed by atoms with E-state index in [2.05, 4.69) is 24.5 Å². The Morgan fingerprint density at radius 1 is 1.21 bits per heavy atom. The van der Waals surface area contributed by atoms with Crippen LogP contribution in [0.5, 0.6) is 0 Å². The number of carbonyl (C=O) groups excluding carboxylic acids is 2. The highest BCUT2D eigenvalue weighted by Crippen LogP contribution is 2.18. The zero-order chi connectivity index (χ0) is 20.3. The van der Waals surface area contributed by atoms with Crippen molar-refractivity contribution in [3.8, 4) is 5.69 Å². The van der Waals surface area contributed by atoms with Crippen LogP contribution in [0, 0.1) is 6.92 Å². The van der Waals surface area contributed by atoms with Crippen LogP contribution in [0.15, 0.2) is 41.3 Å². The summed E-state index contributed by atoms with van der Waals surface area (Å²) >= 11 is 0. The molecule has 1 aliphatic rings. The van der Waals surface area contributed by atoms with Gasteiger partial charge >= 0.3 is 0 Å². The summed E-state index contributed by atoms with van der Waals surface area (Å²) in [4.78, 5) is 38.1. The van der Waals surface area contributed by atoms with Crippen molar-refractivity contribution in [3.63, 3.8) is 0 Å². The first kappa shape index (κ1) is 19.9. The summed E-state index contributed by atoms with van der Waals surface area (Å²) in [6, 6.07) is 8.89. The summed E-state index contributed by atoms with van der Waals surface area (Å²) in [5.41, 5.74) is 2.12. The Balaban J connectivity index is 1.95. The Morgan fingerprint density at radius 3 is 2.75 bits per heavy atom. The third-order valence-electron chi connectivity index (χ3n) is 5.18. The van der Waals surface area contributed by atoms with E-state index in [-0.39, 0.29) is 17.0 Å². The fraction of sp³-hybridized carbons (Fsp3) is 0.409. The van der Waals surface area contributed by atoms with Gasteiger partial charge < -0.3 is 10.6 Å². The maximum absolute atomic E-state index is 13.1. The van der Waals surface area contributed by atoms with Crippen LogP contribution in [0.25, 0.3) is 5.69 Å². The molecular weight excluding hydrogens is 354 g/mol. The van der Waals surface area contributed by atoms with Gasteiger partial charge in [-0.15, -0.1) is 0 Å². The van der Waals surface area contributed by atoms with Gasteiger partial charge in [0.05, 0.1) is 0 Å². The van der Waals surface area contributed by atoms with Gasteiger partial charge in [0.15, 0.2) is 0 Å². The number of aromatic nitrogens is 1. The van der Waals surface area contributed by atoms with Crippen LogP contribution in [0.3, 0.4) is 0 Å². The van der Waals surface area contributed by atoms with E-state index in [9.17, 15) is 14.4 Å². The summed E-state index contributed by atoms with van der Waals surface area (Å²) in [6.07, 6.45) is 4.01. The van der Waals surface area contributed by atoms with E-state index in [1.807, 2.05) is 24.3 Å². The molecular formula is C22H27N3O3. The van der Waals surface area contributed by atoms with Gasteiger partial charge in [0, 0.05) is 18.4 Å². The highest BCUT2D eigenvalue weighted by atomic mass is 16.2. The summed E-state index contributed by atoms with van der Waals surface area (Å²) in [6.45, 7) is 6.54. The van der Waals surface area contributed by atoms with Gasteiger partial charge in [0.2, 0.25) is 5.91 Å². The highest BCUT2D eigenvalue weighted by Gasteiger charge is 2.25. The predicted octanol–water partition coefficient (Wildman–Crippen LogP) is 2.67. The molecule has 1 atom stereocenters. The number of benzene rings is 1. The van der Waals surface area contributed by atoms with E-state index in [1.165, 1.54) is 4.57 Å². The second-order valence-corrected chi connectivity index (χ2v) is 7.61. The van der Waals surface area contributed by atoms with Crippen molar-refractivity contribution >= 4 is 11.8 Å². The van der Waals surface area contributed by atoms with Crippen molar-refractivity contribution in [1.29, 1.82) is 0 Å². The molecule has 0 spiro atoms. The summed E-state index contributed by atoms with van der Waals surface area (Å²) in [7, 11) is 0. The Hall–Kier alpha value is -2.89. The maximum Gasteiger partial charge on any atom is 0.268 e. The predicted molar refractivity (Wildman–Crippen MR) is 109 cm³/mol. The van der Waals surface area contributed by atoms with E-state index in [1.54, 1.807) is 19.2 Å². The Kier molecular flexibility index (Phi) is 5.97. The molecule has 0 radical (unpaired) electrons. The summed E-state index contributed by atoms with van der Waals surface area (Å²) in [5.74, 6) is -0.360. The lowest BCUT2D eigenvalue weighted by molar-refractivity contribution is -0.122. The molecule has 1 aromatic carbocycles. The first-order valence-corrected chi connectivity index (χ1v) is 9.79. The molecule has 1 aromatic heterocycles. The number of aryl methyl sites for hydroxylation is 1. The molecule has 2 aromatic rings. The number of amides is 2. The monoisotopic (exact) mass is 381 g/mol. The van der Waals surface area contributed by atoms with E-state index in [0.717, 1.165) is 24.1 Å². The van der Waals surface area contributed by atoms with Crippen molar-refractivity contribution in [3.05, 3.63) is 63.6 Å². The number of pyridine rings is 1. The Morgan fingerprint density at radius 2 is 2.00 bits per heavy atom. The molecule has 6 heteroatoms. The van der Waals surface area contributed by atoms with Crippen molar-refractivity contribution in [2.24, 2.45) is 0 Å². The van der Waals surface area contributed by atoms with Crippen molar-refractivity contribution < 1.29 is 9.59 Å². The van der Waals surface area contributed by atoms with Crippen molar-refractivity contribution in [1.82, 2.24) is 15.2 Å². The Bertz CT molecular complexity index is 946. The molecule has 2 heterocycles. The number of hydrogen-bond donors (Lipinski definition) is 2. The molecule has 148 valence electrons. The lowest BCUT2D eigenvalue weighted by Gasteiger charge is -2.17. The Labute approximate surface area is 165 Å². The molecule has 1 fully saturated rings.